The lowest BCUT2D eigenvalue weighted by molar-refractivity contribution is 0.412. The number of aryl methyl sites for hydroxylation is 1. The van der Waals surface area contributed by atoms with E-state index in [-0.39, 0.29) is 0 Å². The van der Waals surface area contributed by atoms with Gasteiger partial charge in [0.05, 0.1) is 7.11 Å². The summed E-state index contributed by atoms with van der Waals surface area (Å²) >= 11 is 0. The Bertz CT molecular complexity index is 535. The quantitative estimate of drug-likeness (QED) is 0.893. The van der Waals surface area contributed by atoms with E-state index in [1.54, 1.807) is 7.11 Å². The maximum absolute atomic E-state index is 5.90. The molecular formula is C16H19NO2. The lowest BCUT2D eigenvalue weighted by atomic mass is 10.1. The largest absolute Gasteiger partial charge is 0.497 e. The fourth-order valence-electron chi connectivity index (χ4n) is 1.85. The second kappa shape index (κ2) is 6.25. The predicted octanol–water partition coefficient (Wildman–Crippen LogP) is 3.30. The highest BCUT2D eigenvalue weighted by atomic mass is 16.5. The summed E-state index contributed by atoms with van der Waals surface area (Å²) in [5, 5.41) is 0. The first-order valence-corrected chi connectivity index (χ1v) is 6.34. The van der Waals surface area contributed by atoms with Gasteiger partial charge in [-0.2, -0.15) is 0 Å². The van der Waals surface area contributed by atoms with Crippen molar-refractivity contribution in [3.63, 3.8) is 0 Å². The highest BCUT2D eigenvalue weighted by Gasteiger charge is 2.03. The first kappa shape index (κ1) is 13.4. The van der Waals surface area contributed by atoms with Crippen LogP contribution in [0, 0.1) is 6.92 Å². The summed E-state index contributed by atoms with van der Waals surface area (Å²) in [5.41, 5.74) is 7.88. The molecule has 0 amide bonds. The van der Waals surface area contributed by atoms with Gasteiger partial charge in [-0.3, -0.25) is 0 Å². The third-order valence-corrected chi connectivity index (χ3v) is 2.97. The number of hydrogen-bond donors (Lipinski definition) is 1. The Morgan fingerprint density at radius 3 is 2.32 bits per heavy atom. The summed E-state index contributed by atoms with van der Waals surface area (Å²) < 4.78 is 11.0. The third kappa shape index (κ3) is 3.48. The van der Waals surface area contributed by atoms with Crippen molar-refractivity contribution in [1.29, 1.82) is 0 Å². The summed E-state index contributed by atoms with van der Waals surface area (Å²) in [6, 6.07) is 13.8. The van der Waals surface area contributed by atoms with Crippen molar-refractivity contribution in [2.75, 3.05) is 13.7 Å². The first-order chi connectivity index (χ1) is 9.22. The standard InChI is InChI=1S/C16H19NO2/c1-12-3-4-13(9-10-17)11-16(12)19-15-7-5-14(18-2)6-8-15/h3-8,11H,9-10,17H2,1-2H3. The zero-order valence-electron chi connectivity index (χ0n) is 11.3. The Hall–Kier alpha value is -2.00. The number of nitrogens with two attached hydrogens (primary N) is 1. The lowest BCUT2D eigenvalue weighted by Gasteiger charge is -2.11. The average Bonchev–Trinajstić information content (AvgIpc) is 2.44. The zero-order valence-corrected chi connectivity index (χ0v) is 11.3. The van der Waals surface area contributed by atoms with Gasteiger partial charge < -0.3 is 15.2 Å². The highest BCUT2D eigenvalue weighted by Crippen LogP contribution is 2.27. The molecule has 2 aromatic rings. The third-order valence-electron chi connectivity index (χ3n) is 2.97. The van der Waals surface area contributed by atoms with Gasteiger partial charge in [-0.25, -0.2) is 0 Å². The molecule has 2 aromatic carbocycles. The molecule has 2 rings (SSSR count). The van der Waals surface area contributed by atoms with Crippen molar-refractivity contribution in [2.45, 2.75) is 13.3 Å². The first-order valence-electron chi connectivity index (χ1n) is 6.34. The van der Waals surface area contributed by atoms with Crippen molar-refractivity contribution in [3.8, 4) is 17.2 Å². The molecule has 0 radical (unpaired) electrons. The molecule has 0 saturated heterocycles. The van der Waals surface area contributed by atoms with E-state index in [9.17, 15) is 0 Å². The Morgan fingerprint density at radius 1 is 1.00 bits per heavy atom. The summed E-state index contributed by atoms with van der Waals surface area (Å²) in [4.78, 5) is 0. The van der Waals surface area contributed by atoms with E-state index in [4.69, 9.17) is 15.2 Å². The van der Waals surface area contributed by atoms with Crippen LogP contribution in [0.5, 0.6) is 17.2 Å². The van der Waals surface area contributed by atoms with Crippen molar-refractivity contribution < 1.29 is 9.47 Å². The van der Waals surface area contributed by atoms with E-state index < -0.39 is 0 Å². The molecular weight excluding hydrogens is 238 g/mol. The summed E-state index contributed by atoms with van der Waals surface area (Å²) in [5.74, 6) is 2.49. The van der Waals surface area contributed by atoms with Crippen LogP contribution in [0.3, 0.4) is 0 Å². The average molecular weight is 257 g/mol. The van der Waals surface area contributed by atoms with Gasteiger partial charge in [0.15, 0.2) is 0 Å². The van der Waals surface area contributed by atoms with Crippen molar-refractivity contribution in [2.24, 2.45) is 5.73 Å². The second-order valence-corrected chi connectivity index (χ2v) is 4.42. The van der Waals surface area contributed by atoms with Crippen LogP contribution >= 0.6 is 0 Å². The molecule has 0 atom stereocenters. The molecule has 3 heteroatoms. The van der Waals surface area contributed by atoms with E-state index in [0.717, 1.165) is 29.2 Å². The SMILES string of the molecule is COc1ccc(Oc2cc(CCN)ccc2C)cc1. The Morgan fingerprint density at radius 2 is 1.68 bits per heavy atom. The molecule has 0 fully saturated rings. The van der Waals surface area contributed by atoms with Crippen LogP contribution in [-0.4, -0.2) is 13.7 Å². The molecule has 0 aliphatic heterocycles. The molecule has 3 nitrogen and oxygen atoms in total. The Kier molecular flexibility index (Phi) is 4.42. The van der Waals surface area contributed by atoms with Gasteiger partial charge in [0.1, 0.15) is 17.2 Å². The lowest BCUT2D eigenvalue weighted by Crippen LogP contribution is -2.02. The normalized spacial score (nSPS) is 10.3. The summed E-state index contributed by atoms with van der Waals surface area (Å²) in [6.45, 7) is 2.68. The van der Waals surface area contributed by atoms with E-state index in [1.807, 2.05) is 37.3 Å². The van der Waals surface area contributed by atoms with Gasteiger partial charge in [0, 0.05) is 0 Å². The smallest absolute Gasteiger partial charge is 0.130 e. The minimum absolute atomic E-state index is 0.644. The molecule has 19 heavy (non-hydrogen) atoms. The maximum Gasteiger partial charge on any atom is 0.130 e. The van der Waals surface area contributed by atoms with Gasteiger partial charge in [0.25, 0.3) is 0 Å². The zero-order chi connectivity index (χ0) is 13.7. The van der Waals surface area contributed by atoms with E-state index in [0.29, 0.717) is 6.54 Å². The monoisotopic (exact) mass is 257 g/mol. The molecule has 0 unspecified atom stereocenters. The number of rotatable bonds is 5. The van der Waals surface area contributed by atoms with Crippen LogP contribution in [-0.2, 0) is 6.42 Å². The second-order valence-electron chi connectivity index (χ2n) is 4.42. The molecule has 0 bridgehead atoms. The molecule has 100 valence electrons. The minimum Gasteiger partial charge on any atom is -0.497 e. The van der Waals surface area contributed by atoms with Gasteiger partial charge in [0.2, 0.25) is 0 Å². The number of methoxy groups -OCH3 is 1. The highest BCUT2D eigenvalue weighted by molar-refractivity contribution is 5.41. The van der Waals surface area contributed by atoms with Crippen molar-refractivity contribution in [1.82, 2.24) is 0 Å². The summed E-state index contributed by atoms with van der Waals surface area (Å²) in [7, 11) is 1.65. The molecule has 0 spiro atoms. The van der Waals surface area contributed by atoms with Crippen molar-refractivity contribution in [3.05, 3.63) is 53.6 Å². The molecule has 0 aliphatic rings. The molecule has 0 heterocycles. The number of hydrogen-bond acceptors (Lipinski definition) is 3. The van der Waals surface area contributed by atoms with Gasteiger partial charge in [-0.1, -0.05) is 12.1 Å². The fraction of sp³-hybridized carbons (Fsp3) is 0.250. The molecule has 0 aromatic heterocycles. The van der Waals surface area contributed by atoms with E-state index in [1.165, 1.54) is 5.56 Å². The van der Waals surface area contributed by atoms with Gasteiger partial charge in [-0.15, -0.1) is 0 Å². The van der Waals surface area contributed by atoms with Crippen LogP contribution < -0.4 is 15.2 Å². The Balaban J connectivity index is 2.18. The van der Waals surface area contributed by atoms with Crippen LogP contribution in [0.25, 0.3) is 0 Å². The van der Waals surface area contributed by atoms with E-state index >= 15 is 0 Å². The van der Waals surface area contributed by atoms with Gasteiger partial charge >= 0.3 is 0 Å². The molecule has 0 saturated carbocycles. The summed E-state index contributed by atoms with van der Waals surface area (Å²) in [6.07, 6.45) is 0.860. The molecule has 2 N–H and O–H groups in total. The topological polar surface area (TPSA) is 44.5 Å². The maximum atomic E-state index is 5.90. The van der Waals surface area contributed by atoms with Crippen LogP contribution in [0.2, 0.25) is 0 Å². The van der Waals surface area contributed by atoms with Crippen molar-refractivity contribution >= 4 is 0 Å². The van der Waals surface area contributed by atoms with Gasteiger partial charge in [-0.05, 0) is 61.3 Å². The molecule has 0 aliphatic carbocycles. The number of ether oxygens (including phenoxy) is 2. The minimum atomic E-state index is 0.644. The van der Waals surface area contributed by atoms with Crippen LogP contribution in [0.15, 0.2) is 42.5 Å². The Labute approximate surface area is 114 Å². The van der Waals surface area contributed by atoms with Crippen LogP contribution in [0.4, 0.5) is 0 Å². The van der Waals surface area contributed by atoms with Crippen LogP contribution in [0.1, 0.15) is 11.1 Å². The number of benzene rings is 2. The fourth-order valence-corrected chi connectivity index (χ4v) is 1.85. The van der Waals surface area contributed by atoms with E-state index in [2.05, 4.69) is 12.1 Å². The predicted molar refractivity (Wildman–Crippen MR) is 77.0 cm³/mol.